The Labute approximate surface area is 147 Å². The van der Waals surface area contributed by atoms with E-state index in [2.05, 4.69) is 4.99 Å². The van der Waals surface area contributed by atoms with Crippen molar-refractivity contribution in [1.29, 1.82) is 0 Å². The van der Waals surface area contributed by atoms with Crippen molar-refractivity contribution in [3.63, 3.8) is 0 Å². The first-order chi connectivity index (χ1) is 11.8. The lowest BCUT2D eigenvalue weighted by molar-refractivity contribution is -0.471. The van der Waals surface area contributed by atoms with Gasteiger partial charge in [-0.3, -0.25) is 19.2 Å². The number of amides is 3. The fourth-order valence-corrected chi connectivity index (χ4v) is 3.24. The second-order valence-electron chi connectivity index (χ2n) is 6.82. The number of benzene rings is 1. The Balaban J connectivity index is 2.00. The Hall–Kier alpha value is -2.70. The van der Waals surface area contributed by atoms with Gasteiger partial charge in [-0.15, -0.1) is 0 Å². The van der Waals surface area contributed by atoms with Crippen LogP contribution in [0.5, 0.6) is 0 Å². The molecule has 0 aromatic heterocycles. The molecule has 0 radical (unpaired) electrons. The number of amidine groups is 1. The average molecular weight is 342 g/mol. The minimum atomic E-state index is -0.566. The van der Waals surface area contributed by atoms with Crippen molar-refractivity contribution >= 4 is 23.7 Å². The van der Waals surface area contributed by atoms with Crippen LogP contribution in [0.25, 0.3) is 0 Å². The Bertz CT molecular complexity index is 765. The van der Waals surface area contributed by atoms with Gasteiger partial charge in [-0.05, 0) is 19.4 Å². The van der Waals surface area contributed by atoms with Gasteiger partial charge in [0.05, 0.1) is 26.7 Å². The number of aliphatic imine (C=N–C) groups is 1. The topological polar surface area (TPSA) is 59.2 Å². The van der Waals surface area contributed by atoms with Crippen LogP contribution >= 0.6 is 0 Å². The molecule has 1 fully saturated rings. The van der Waals surface area contributed by atoms with Crippen molar-refractivity contribution in [3.8, 4) is 0 Å². The van der Waals surface area contributed by atoms with Crippen LogP contribution in [0.4, 0.5) is 4.79 Å². The third-order valence-electron chi connectivity index (χ3n) is 4.47. The van der Waals surface area contributed by atoms with E-state index in [4.69, 9.17) is 0 Å². The summed E-state index contributed by atoms with van der Waals surface area (Å²) in [5.41, 5.74) is 0.920. The predicted octanol–water partition coefficient (Wildman–Crippen LogP) is 1.20. The summed E-state index contributed by atoms with van der Waals surface area (Å²) in [6.45, 7) is 4.30. The Kier molecular flexibility index (Phi) is 4.32. The van der Waals surface area contributed by atoms with E-state index in [0.29, 0.717) is 11.8 Å². The third kappa shape index (κ3) is 2.79. The molecule has 0 bridgehead atoms. The number of carbonyl (C=O) groups excluding carboxylic acids is 2. The zero-order valence-corrected chi connectivity index (χ0v) is 15.3. The molecule has 2 aliphatic rings. The van der Waals surface area contributed by atoms with Crippen LogP contribution < -0.4 is 0 Å². The van der Waals surface area contributed by atoms with E-state index in [1.54, 1.807) is 7.05 Å². The number of imide groups is 1. The van der Waals surface area contributed by atoms with E-state index in [1.165, 1.54) is 9.80 Å². The van der Waals surface area contributed by atoms with Crippen LogP contribution in [0.2, 0.25) is 0 Å². The highest BCUT2D eigenvalue weighted by atomic mass is 16.2. The SMILES string of the molecule is CC(C)N1C(=[N+](C)C)N=C2C1C(=O)N(Cc1ccccc1)C(=O)N2C. The van der Waals surface area contributed by atoms with Crippen molar-refractivity contribution in [2.24, 2.45) is 4.99 Å². The molecule has 3 rings (SSSR count). The normalized spacial score (nSPS) is 20.4. The van der Waals surface area contributed by atoms with Crippen LogP contribution in [-0.4, -0.2) is 76.2 Å². The smallest absolute Gasteiger partial charge is 0.270 e. The number of urea groups is 1. The van der Waals surface area contributed by atoms with E-state index >= 15 is 0 Å². The molecule has 0 saturated carbocycles. The van der Waals surface area contributed by atoms with Gasteiger partial charge < -0.3 is 0 Å². The fraction of sp³-hybridized carbons (Fsp3) is 0.444. The van der Waals surface area contributed by atoms with Gasteiger partial charge >= 0.3 is 12.0 Å². The Morgan fingerprint density at radius 3 is 2.36 bits per heavy atom. The minimum absolute atomic E-state index is 0.0766. The Morgan fingerprint density at radius 1 is 1.16 bits per heavy atom. The van der Waals surface area contributed by atoms with Gasteiger partial charge in [-0.2, -0.15) is 0 Å². The summed E-state index contributed by atoms with van der Waals surface area (Å²) in [7, 11) is 5.45. The summed E-state index contributed by atoms with van der Waals surface area (Å²) in [5.74, 6) is 0.970. The third-order valence-corrected chi connectivity index (χ3v) is 4.47. The molecule has 3 amide bonds. The highest BCUT2D eigenvalue weighted by Gasteiger charge is 2.56. The average Bonchev–Trinajstić information content (AvgIpc) is 2.99. The molecule has 1 saturated heterocycles. The summed E-state index contributed by atoms with van der Waals surface area (Å²) in [6, 6.07) is 8.71. The summed E-state index contributed by atoms with van der Waals surface area (Å²) < 4.78 is 1.87. The van der Waals surface area contributed by atoms with Crippen LogP contribution in [0.3, 0.4) is 0 Å². The molecule has 2 aliphatic heterocycles. The van der Waals surface area contributed by atoms with E-state index in [0.717, 1.165) is 5.56 Å². The number of likely N-dealkylation sites (N-methyl/N-ethyl adjacent to an activating group) is 1. The second-order valence-corrected chi connectivity index (χ2v) is 6.82. The number of fused-ring (bicyclic) bond motifs is 1. The lowest BCUT2D eigenvalue weighted by Crippen LogP contribution is -2.64. The fourth-order valence-electron chi connectivity index (χ4n) is 3.24. The molecule has 1 atom stereocenters. The zero-order valence-electron chi connectivity index (χ0n) is 15.3. The quantitative estimate of drug-likeness (QED) is 0.776. The molecule has 25 heavy (non-hydrogen) atoms. The maximum absolute atomic E-state index is 13.2. The molecular formula is C18H24N5O2+. The van der Waals surface area contributed by atoms with Crippen molar-refractivity contribution in [2.75, 3.05) is 21.1 Å². The molecule has 0 N–H and O–H groups in total. The van der Waals surface area contributed by atoms with Gasteiger partial charge in [0.25, 0.3) is 5.91 Å². The largest absolute Gasteiger partial charge is 0.392 e. The molecular weight excluding hydrogens is 318 g/mol. The number of guanidine groups is 1. The highest BCUT2D eigenvalue weighted by molar-refractivity contribution is 6.25. The standard InChI is InChI=1S/C18H24N5O2/c1-12(2)23-14-15(19-17(23)20(3)4)21(5)18(25)22(16(14)24)11-13-9-7-6-8-10-13/h6-10,12,14H,11H2,1-5H3/q+1. The summed E-state index contributed by atoms with van der Waals surface area (Å²) in [6.07, 6.45) is 0. The summed E-state index contributed by atoms with van der Waals surface area (Å²) in [5, 5.41) is 0. The van der Waals surface area contributed by atoms with Crippen LogP contribution in [0.15, 0.2) is 35.3 Å². The van der Waals surface area contributed by atoms with E-state index < -0.39 is 6.04 Å². The molecule has 7 heteroatoms. The number of carbonyl (C=O) groups is 2. The second kappa shape index (κ2) is 6.31. The first kappa shape index (κ1) is 17.1. The van der Waals surface area contributed by atoms with E-state index in [1.807, 2.05) is 67.8 Å². The molecule has 7 nitrogen and oxygen atoms in total. The van der Waals surface area contributed by atoms with Crippen LogP contribution in [-0.2, 0) is 11.3 Å². The molecule has 1 aromatic carbocycles. The van der Waals surface area contributed by atoms with Crippen LogP contribution in [0.1, 0.15) is 19.4 Å². The van der Waals surface area contributed by atoms with E-state index in [-0.39, 0.29) is 24.5 Å². The van der Waals surface area contributed by atoms with Gasteiger partial charge in [0.1, 0.15) is 0 Å². The van der Waals surface area contributed by atoms with Crippen molar-refractivity contribution in [1.82, 2.24) is 14.7 Å². The lowest BCUT2D eigenvalue weighted by Gasteiger charge is -2.36. The lowest BCUT2D eigenvalue weighted by atomic mass is 10.1. The van der Waals surface area contributed by atoms with Gasteiger partial charge in [-0.1, -0.05) is 35.3 Å². The molecule has 1 aromatic rings. The number of rotatable bonds is 3. The minimum Gasteiger partial charge on any atom is -0.270 e. The molecule has 132 valence electrons. The first-order valence-electron chi connectivity index (χ1n) is 8.37. The highest BCUT2D eigenvalue weighted by Crippen LogP contribution is 2.26. The molecule has 0 spiro atoms. The predicted molar refractivity (Wildman–Crippen MR) is 95.5 cm³/mol. The maximum atomic E-state index is 13.2. The summed E-state index contributed by atoms with van der Waals surface area (Å²) >= 11 is 0. The molecule has 1 unspecified atom stereocenters. The van der Waals surface area contributed by atoms with Crippen molar-refractivity contribution < 1.29 is 14.2 Å². The van der Waals surface area contributed by atoms with Gasteiger partial charge in [0, 0.05) is 7.05 Å². The van der Waals surface area contributed by atoms with Gasteiger partial charge in [0.2, 0.25) is 11.9 Å². The van der Waals surface area contributed by atoms with Crippen molar-refractivity contribution in [3.05, 3.63) is 35.9 Å². The maximum Gasteiger partial charge on any atom is 0.392 e. The van der Waals surface area contributed by atoms with Gasteiger partial charge in [0.15, 0.2) is 0 Å². The van der Waals surface area contributed by atoms with Crippen LogP contribution in [0, 0.1) is 0 Å². The number of nitrogens with zero attached hydrogens (tertiary/aromatic N) is 5. The Morgan fingerprint density at radius 2 is 1.80 bits per heavy atom. The van der Waals surface area contributed by atoms with Gasteiger partial charge in [-0.25, -0.2) is 9.69 Å². The first-order valence-corrected chi connectivity index (χ1v) is 8.37. The van der Waals surface area contributed by atoms with Crippen molar-refractivity contribution in [2.45, 2.75) is 32.5 Å². The monoisotopic (exact) mass is 342 g/mol. The van der Waals surface area contributed by atoms with E-state index in [9.17, 15) is 9.59 Å². The molecule has 0 aliphatic carbocycles. The number of hydrogen-bond acceptors (Lipinski definition) is 2. The number of hydrogen-bond donors (Lipinski definition) is 0. The summed E-state index contributed by atoms with van der Waals surface area (Å²) in [4.78, 5) is 35.3. The zero-order chi connectivity index (χ0) is 18.3. The molecule has 2 heterocycles.